The molecule has 0 spiro atoms. The minimum absolute atomic E-state index is 0.0124. The lowest BCUT2D eigenvalue weighted by atomic mass is 9.78. The van der Waals surface area contributed by atoms with Crippen LogP contribution in [0.3, 0.4) is 0 Å². The zero-order valence-electron chi connectivity index (χ0n) is 14.2. The van der Waals surface area contributed by atoms with E-state index in [1.165, 1.54) is 11.3 Å². The first-order chi connectivity index (χ1) is 12.5. The van der Waals surface area contributed by atoms with E-state index in [1.54, 1.807) is 19.5 Å². The lowest BCUT2D eigenvalue weighted by molar-refractivity contribution is -0.131. The first kappa shape index (κ1) is 17.0. The first-order valence-corrected chi connectivity index (χ1v) is 9.23. The molecular weight excluding hydrogens is 354 g/mol. The van der Waals surface area contributed by atoms with Gasteiger partial charge in [-0.25, -0.2) is 18.7 Å². The second kappa shape index (κ2) is 6.39. The summed E-state index contributed by atoms with van der Waals surface area (Å²) < 4.78 is 27.0. The molecule has 1 saturated carbocycles. The third-order valence-electron chi connectivity index (χ3n) is 4.82. The Bertz CT molecular complexity index is 996. The summed E-state index contributed by atoms with van der Waals surface area (Å²) in [6.07, 6.45) is 4.37. The Kier molecular flexibility index (Phi) is 4.19. The van der Waals surface area contributed by atoms with E-state index < -0.39 is 11.8 Å². The average molecular weight is 372 g/mol. The molecule has 0 unspecified atom stereocenters. The van der Waals surface area contributed by atoms with Crippen LogP contribution in [0.1, 0.15) is 23.3 Å². The van der Waals surface area contributed by atoms with Crippen LogP contribution < -0.4 is 5.73 Å². The van der Waals surface area contributed by atoms with Gasteiger partial charge in [0.1, 0.15) is 10.6 Å². The number of nitrogens with zero attached hydrogens (tertiary/aromatic N) is 3. The van der Waals surface area contributed by atoms with Gasteiger partial charge in [-0.2, -0.15) is 0 Å². The molecule has 26 heavy (non-hydrogen) atoms. The predicted octanol–water partition coefficient (Wildman–Crippen LogP) is 4.58. The molecule has 1 aliphatic rings. The van der Waals surface area contributed by atoms with Crippen molar-refractivity contribution in [1.82, 2.24) is 9.97 Å². The summed E-state index contributed by atoms with van der Waals surface area (Å²) in [5.41, 5.74) is 8.21. The van der Waals surface area contributed by atoms with Gasteiger partial charge < -0.3 is 5.73 Å². The molecule has 0 aliphatic heterocycles. The Hall–Kier alpha value is -2.41. The predicted molar refractivity (Wildman–Crippen MR) is 102 cm³/mol. The van der Waals surface area contributed by atoms with Crippen LogP contribution in [0.5, 0.6) is 0 Å². The quantitative estimate of drug-likeness (QED) is 0.682. The number of hydrogen-bond acceptors (Lipinski definition) is 5. The minimum atomic E-state index is -2.51. The van der Waals surface area contributed by atoms with Crippen molar-refractivity contribution in [3.63, 3.8) is 0 Å². The minimum Gasteiger partial charge on any atom is -0.383 e. The van der Waals surface area contributed by atoms with E-state index in [-0.39, 0.29) is 6.42 Å². The molecule has 4 rings (SSSR count). The molecule has 3 aromatic heterocycles. The highest BCUT2D eigenvalue weighted by molar-refractivity contribution is 7.18. The van der Waals surface area contributed by atoms with E-state index in [1.807, 2.05) is 24.3 Å². The first-order valence-electron chi connectivity index (χ1n) is 8.41. The molecule has 0 aromatic carbocycles. The lowest BCUT2D eigenvalue weighted by Gasteiger charge is -2.35. The molecular formula is C19H18F2N4S. The van der Waals surface area contributed by atoms with Crippen molar-refractivity contribution in [3.05, 3.63) is 40.9 Å². The number of thiophene rings is 1. The van der Waals surface area contributed by atoms with E-state index in [0.29, 0.717) is 18.7 Å². The molecule has 7 heteroatoms. The van der Waals surface area contributed by atoms with Gasteiger partial charge in [-0.05, 0) is 37.1 Å². The molecule has 0 bridgehead atoms. The molecule has 3 heterocycles. The van der Waals surface area contributed by atoms with Crippen molar-refractivity contribution in [2.45, 2.75) is 25.2 Å². The molecule has 0 saturated heterocycles. The molecule has 4 nitrogen and oxygen atoms in total. The summed E-state index contributed by atoms with van der Waals surface area (Å²) in [5, 5.41) is 0.982. The number of aromatic nitrogens is 2. The normalized spacial score (nSPS) is 19.1. The Morgan fingerprint density at radius 2 is 2.23 bits per heavy atom. The fraction of sp³-hybridized carbons (Fsp3) is 0.316. The fourth-order valence-corrected chi connectivity index (χ4v) is 4.27. The zero-order chi connectivity index (χ0) is 18.3. The standard InChI is InChI=1S/C19H18F2N4S/c1-23-9-13-6-12(10-24-17(13)22)16-3-2-11-7-15(26-18(11)25-16)8-14-4-5-19(14,20)21/h2-3,6-7,9-10,14H,4-5,8H2,1H3,(H2,22,24)/t14-/m0/s1. The number of hydrogen-bond donors (Lipinski definition) is 1. The van der Waals surface area contributed by atoms with Gasteiger partial charge in [0, 0.05) is 53.2 Å². The van der Waals surface area contributed by atoms with Gasteiger partial charge in [-0.1, -0.05) is 0 Å². The average Bonchev–Trinajstić information content (AvgIpc) is 3.03. The van der Waals surface area contributed by atoms with Crippen LogP contribution in [0.15, 0.2) is 35.5 Å². The van der Waals surface area contributed by atoms with Gasteiger partial charge >= 0.3 is 0 Å². The van der Waals surface area contributed by atoms with Crippen molar-refractivity contribution < 1.29 is 8.78 Å². The maximum absolute atomic E-state index is 13.5. The Morgan fingerprint density at radius 3 is 2.92 bits per heavy atom. The van der Waals surface area contributed by atoms with Gasteiger partial charge in [0.15, 0.2) is 0 Å². The van der Waals surface area contributed by atoms with E-state index in [9.17, 15) is 8.78 Å². The van der Waals surface area contributed by atoms with Gasteiger partial charge in [-0.3, -0.25) is 4.99 Å². The Morgan fingerprint density at radius 1 is 1.38 bits per heavy atom. The number of anilines is 1. The Balaban J connectivity index is 1.64. The smallest absolute Gasteiger partial charge is 0.251 e. The van der Waals surface area contributed by atoms with Crippen molar-refractivity contribution in [1.29, 1.82) is 0 Å². The molecule has 1 aliphatic carbocycles. The summed E-state index contributed by atoms with van der Waals surface area (Å²) in [4.78, 5) is 14.7. The maximum atomic E-state index is 13.5. The van der Waals surface area contributed by atoms with Crippen molar-refractivity contribution in [3.8, 4) is 11.3 Å². The number of rotatable bonds is 4. The second-order valence-corrected chi connectivity index (χ2v) is 7.71. The number of aliphatic imine (C=N–C) groups is 1. The number of halogens is 2. The number of fused-ring (bicyclic) bond motifs is 1. The summed E-state index contributed by atoms with van der Waals surface area (Å²) >= 11 is 1.49. The van der Waals surface area contributed by atoms with Gasteiger partial charge in [-0.15, -0.1) is 11.3 Å². The van der Waals surface area contributed by atoms with Crippen LogP contribution in [0, 0.1) is 5.92 Å². The highest BCUT2D eigenvalue weighted by Crippen LogP contribution is 2.46. The van der Waals surface area contributed by atoms with Crippen LogP contribution in [0.4, 0.5) is 14.6 Å². The zero-order valence-corrected chi connectivity index (χ0v) is 15.1. The van der Waals surface area contributed by atoms with E-state index in [2.05, 4.69) is 9.98 Å². The summed E-state index contributed by atoms with van der Waals surface area (Å²) in [5.74, 6) is -2.63. The molecule has 0 radical (unpaired) electrons. The molecule has 134 valence electrons. The van der Waals surface area contributed by atoms with Crippen LogP contribution >= 0.6 is 11.3 Å². The maximum Gasteiger partial charge on any atom is 0.251 e. The SMILES string of the molecule is CN=Cc1cc(-c2ccc3cc(C[C@@H]4CCC4(F)F)sc3n2)cnc1N. The number of pyridine rings is 2. The molecule has 1 atom stereocenters. The van der Waals surface area contributed by atoms with Gasteiger partial charge in [0.05, 0.1) is 5.69 Å². The van der Waals surface area contributed by atoms with Crippen molar-refractivity contribution >= 4 is 33.6 Å². The van der Waals surface area contributed by atoms with Crippen LogP contribution in [-0.2, 0) is 6.42 Å². The van der Waals surface area contributed by atoms with Gasteiger partial charge in [0.2, 0.25) is 0 Å². The number of nitrogen functional groups attached to an aromatic ring is 1. The van der Waals surface area contributed by atoms with Crippen LogP contribution in [-0.4, -0.2) is 29.2 Å². The van der Waals surface area contributed by atoms with E-state index in [0.717, 1.165) is 31.9 Å². The lowest BCUT2D eigenvalue weighted by Crippen LogP contribution is -2.39. The fourth-order valence-electron chi connectivity index (χ4n) is 3.17. The second-order valence-electron chi connectivity index (χ2n) is 6.59. The third kappa shape index (κ3) is 3.07. The highest BCUT2D eigenvalue weighted by atomic mass is 32.1. The topological polar surface area (TPSA) is 64.2 Å². The van der Waals surface area contributed by atoms with Crippen molar-refractivity contribution in [2.24, 2.45) is 10.9 Å². The Labute approximate surface area is 153 Å². The largest absolute Gasteiger partial charge is 0.383 e. The highest BCUT2D eigenvalue weighted by Gasteiger charge is 2.47. The summed E-state index contributed by atoms with van der Waals surface area (Å²) in [6, 6.07) is 7.76. The van der Waals surface area contributed by atoms with Crippen LogP contribution in [0.2, 0.25) is 0 Å². The van der Waals surface area contributed by atoms with E-state index >= 15 is 0 Å². The number of nitrogens with two attached hydrogens (primary N) is 1. The third-order valence-corrected chi connectivity index (χ3v) is 5.89. The summed E-state index contributed by atoms with van der Waals surface area (Å²) in [7, 11) is 1.68. The molecule has 2 N–H and O–H groups in total. The monoisotopic (exact) mass is 372 g/mol. The van der Waals surface area contributed by atoms with Crippen LogP contribution in [0.25, 0.3) is 21.5 Å². The van der Waals surface area contributed by atoms with Gasteiger partial charge in [0.25, 0.3) is 5.92 Å². The molecule has 0 amide bonds. The van der Waals surface area contributed by atoms with Crippen molar-refractivity contribution in [2.75, 3.05) is 12.8 Å². The summed E-state index contributed by atoms with van der Waals surface area (Å²) in [6.45, 7) is 0. The van der Waals surface area contributed by atoms with E-state index in [4.69, 9.17) is 10.7 Å². The number of alkyl halides is 2. The molecule has 1 fully saturated rings. The molecule has 3 aromatic rings.